The monoisotopic (exact) mass is 409 g/mol. The van der Waals surface area contributed by atoms with E-state index in [-0.39, 0.29) is 21.4 Å². The summed E-state index contributed by atoms with van der Waals surface area (Å²) in [5, 5.41) is 7.66. The molecule has 0 saturated carbocycles. The highest BCUT2D eigenvalue weighted by molar-refractivity contribution is 8.13. The summed E-state index contributed by atoms with van der Waals surface area (Å²) in [7, 11) is 0.736. The maximum Gasteiger partial charge on any atom is 0.285 e. The standard InChI is InChI=1S/C17H19N3O5S2/c1-20(2)17(22)26-12-6-4-11(5-7-12)19-16(21)14-10-13(27(18,23)24)8-9-15(14)25-3/h4-10H,1-3H3,(H,19,21)(H2,18,23,24). The highest BCUT2D eigenvalue weighted by Gasteiger charge is 2.17. The zero-order valence-corrected chi connectivity index (χ0v) is 16.6. The molecule has 3 N–H and O–H groups in total. The van der Waals surface area contributed by atoms with Gasteiger partial charge >= 0.3 is 0 Å². The molecular weight excluding hydrogens is 390 g/mol. The van der Waals surface area contributed by atoms with Gasteiger partial charge in [-0.15, -0.1) is 0 Å². The minimum Gasteiger partial charge on any atom is -0.496 e. The number of ether oxygens (including phenoxy) is 1. The molecule has 0 bridgehead atoms. The number of nitrogens with one attached hydrogen (secondary N) is 1. The summed E-state index contributed by atoms with van der Waals surface area (Å²) in [6.07, 6.45) is 0. The average Bonchev–Trinajstić information content (AvgIpc) is 2.61. The van der Waals surface area contributed by atoms with Crippen molar-refractivity contribution < 1.29 is 22.7 Å². The second kappa shape index (κ2) is 8.42. The van der Waals surface area contributed by atoms with Gasteiger partial charge in [0.25, 0.3) is 11.1 Å². The summed E-state index contributed by atoms with van der Waals surface area (Å²) in [4.78, 5) is 26.2. The van der Waals surface area contributed by atoms with Gasteiger partial charge in [-0.1, -0.05) is 0 Å². The number of rotatable bonds is 5. The Labute approximate surface area is 161 Å². The lowest BCUT2D eigenvalue weighted by Crippen LogP contribution is -2.17. The van der Waals surface area contributed by atoms with Crippen molar-refractivity contribution in [2.24, 2.45) is 5.14 Å². The van der Waals surface area contributed by atoms with Gasteiger partial charge in [-0.25, -0.2) is 13.6 Å². The van der Waals surface area contributed by atoms with Crippen LogP contribution in [0.2, 0.25) is 0 Å². The highest BCUT2D eigenvalue weighted by atomic mass is 32.2. The van der Waals surface area contributed by atoms with Gasteiger partial charge in [-0.3, -0.25) is 9.59 Å². The van der Waals surface area contributed by atoms with E-state index in [4.69, 9.17) is 9.88 Å². The lowest BCUT2D eigenvalue weighted by molar-refractivity contribution is 0.102. The van der Waals surface area contributed by atoms with Crippen LogP contribution >= 0.6 is 11.8 Å². The van der Waals surface area contributed by atoms with Crippen molar-refractivity contribution >= 4 is 38.6 Å². The first kappa shape index (κ1) is 20.7. The topological polar surface area (TPSA) is 119 Å². The first-order valence-corrected chi connectivity index (χ1v) is 9.99. The number of benzene rings is 2. The smallest absolute Gasteiger partial charge is 0.285 e. The predicted octanol–water partition coefficient (Wildman–Crippen LogP) is 2.37. The van der Waals surface area contributed by atoms with Crippen LogP contribution in [0.1, 0.15) is 10.4 Å². The Bertz CT molecular complexity index is 957. The van der Waals surface area contributed by atoms with E-state index in [2.05, 4.69) is 5.32 Å². The molecule has 0 radical (unpaired) electrons. The maximum atomic E-state index is 12.5. The molecule has 10 heteroatoms. The van der Waals surface area contributed by atoms with E-state index in [9.17, 15) is 18.0 Å². The van der Waals surface area contributed by atoms with Crippen LogP contribution in [0, 0.1) is 0 Å². The Balaban J connectivity index is 2.21. The third-order valence-electron chi connectivity index (χ3n) is 3.43. The van der Waals surface area contributed by atoms with E-state index < -0.39 is 15.9 Å². The molecule has 2 amide bonds. The van der Waals surface area contributed by atoms with Gasteiger partial charge < -0.3 is 15.0 Å². The zero-order valence-electron chi connectivity index (χ0n) is 14.9. The fourth-order valence-corrected chi connectivity index (χ4v) is 3.23. The molecule has 0 saturated heterocycles. The second-order valence-corrected chi connectivity index (χ2v) is 8.23. The largest absolute Gasteiger partial charge is 0.496 e. The second-order valence-electron chi connectivity index (χ2n) is 5.65. The van der Waals surface area contributed by atoms with Crippen molar-refractivity contribution in [3.63, 3.8) is 0 Å². The van der Waals surface area contributed by atoms with Crippen molar-refractivity contribution in [3.05, 3.63) is 48.0 Å². The Morgan fingerprint density at radius 2 is 1.74 bits per heavy atom. The van der Waals surface area contributed by atoms with Gasteiger partial charge in [-0.2, -0.15) is 0 Å². The molecule has 0 heterocycles. The number of amides is 2. The number of carbonyl (C=O) groups is 2. The number of methoxy groups -OCH3 is 1. The molecular formula is C17H19N3O5S2. The van der Waals surface area contributed by atoms with Gasteiger partial charge in [0.2, 0.25) is 10.0 Å². The van der Waals surface area contributed by atoms with Gasteiger partial charge in [0.05, 0.1) is 17.6 Å². The van der Waals surface area contributed by atoms with Crippen molar-refractivity contribution in [3.8, 4) is 5.75 Å². The van der Waals surface area contributed by atoms with E-state index in [1.807, 2.05) is 0 Å². The van der Waals surface area contributed by atoms with E-state index in [0.717, 1.165) is 22.7 Å². The van der Waals surface area contributed by atoms with Crippen molar-refractivity contribution in [1.82, 2.24) is 4.90 Å². The third-order valence-corrected chi connectivity index (χ3v) is 5.39. The first-order valence-electron chi connectivity index (χ1n) is 7.63. The molecule has 0 aliphatic carbocycles. The third kappa shape index (κ3) is 5.46. The average molecular weight is 409 g/mol. The highest BCUT2D eigenvalue weighted by Crippen LogP contribution is 2.25. The van der Waals surface area contributed by atoms with Crippen LogP contribution in [0.3, 0.4) is 0 Å². The number of hydrogen-bond donors (Lipinski definition) is 2. The van der Waals surface area contributed by atoms with E-state index in [1.54, 1.807) is 38.4 Å². The fourth-order valence-electron chi connectivity index (χ4n) is 2.04. The molecule has 2 aromatic carbocycles. The number of anilines is 1. The summed E-state index contributed by atoms with van der Waals surface area (Å²) < 4.78 is 28.1. The number of nitrogens with two attached hydrogens (primary N) is 1. The normalized spacial score (nSPS) is 11.0. The van der Waals surface area contributed by atoms with Gasteiger partial charge in [0.1, 0.15) is 5.75 Å². The lowest BCUT2D eigenvalue weighted by Gasteiger charge is -2.12. The summed E-state index contributed by atoms with van der Waals surface area (Å²) in [5.41, 5.74) is 0.509. The predicted molar refractivity (Wildman–Crippen MR) is 104 cm³/mol. The number of thioether (sulfide) groups is 1. The number of nitrogens with zero attached hydrogens (tertiary/aromatic N) is 1. The van der Waals surface area contributed by atoms with E-state index >= 15 is 0 Å². The van der Waals surface area contributed by atoms with Crippen LogP contribution in [-0.2, 0) is 10.0 Å². The molecule has 0 aliphatic heterocycles. The molecule has 0 spiro atoms. The number of primary sulfonamides is 1. The lowest BCUT2D eigenvalue weighted by atomic mass is 10.2. The van der Waals surface area contributed by atoms with E-state index in [0.29, 0.717) is 5.69 Å². The maximum absolute atomic E-state index is 12.5. The Kier molecular flexibility index (Phi) is 6.47. The Morgan fingerprint density at radius 1 is 1.11 bits per heavy atom. The molecule has 2 aromatic rings. The molecule has 0 atom stereocenters. The van der Waals surface area contributed by atoms with Crippen molar-refractivity contribution in [2.75, 3.05) is 26.5 Å². The van der Waals surface area contributed by atoms with Gasteiger partial charge in [0, 0.05) is 24.7 Å². The van der Waals surface area contributed by atoms with Gasteiger partial charge in [-0.05, 0) is 54.2 Å². The number of hydrogen-bond acceptors (Lipinski definition) is 6. The van der Waals surface area contributed by atoms with Crippen LogP contribution < -0.4 is 15.2 Å². The Hall–Kier alpha value is -2.56. The summed E-state index contributed by atoms with van der Waals surface area (Å²) in [6, 6.07) is 10.4. The van der Waals surface area contributed by atoms with Crippen LogP contribution in [0.25, 0.3) is 0 Å². The summed E-state index contributed by atoms with van der Waals surface area (Å²) in [6.45, 7) is 0. The molecule has 2 rings (SSSR count). The summed E-state index contributed by atoms with van der Waals surface area (Å²) >= 11 is 1.06. The molecule has 0 aliphatic rings. The fraction of sp³-hybridized carbons (Fsp3) is 0.176. The molecule has 0 unspecified atom stereocenters. The Morgan fingerprint density at radius 3 is 2.26 bits per heavy atom. The molecule has 0 aromatic heterocycles. The first-order chi connectivity index (χ1) is 12.6. The number of carbonyl (C=O) groups excluding carboxylic acids is 2. The van der Waals surface area contributed by atoms with Crippen LogP contribution in [0.15, 0.2) is 52.3 Å². The zero-order chi connectivity index (χ0) is 20.2. The molecule has 144 valence electrons. The van der Waals surface area contributed by atoms with Crippen molar-refractivity contribution in [1.29, 1.82) is 0 Å². The SMILES string of the molecule is COc1ccc(S(N)(=O)=O)cc1C(=O)Nc1ccc(SC(=O)N(C)C)cc1. The quantitative estimate of drug-likeness (QED) is 0.732. The van der Waals surface area contributed by atoms with Gasteiger partial charge in [0.15, 0.2) is 0 Å². The minimum absolute atomic E-state index is 0.0327. The summed E-state index contributed by atoms with van der Waals surface area (Å²) in [5.74, 6) is -0.342. The number of sulfonamides is 1. The molecule has 27 heavy (non-hydrogen) atoms. The molecule has 0 fully saturated rings. The molecule has 8 nitrogen and oxygen atoms in total. The van der Waals surface area contributed by atoms with Crippen LogP contribution in [0.4, 0.5) is 10.5 Å². The van der Waals surface area contributed by atoms with Crippen LogP contribution in [0.5, 0.6) is 5.75 Å². The minimum atomic E-state index is -3.96. The van der Waals surface area contributed by atoms with E-state index in [1.165, 1.54) is 24.1 Å². The van der Waals surface area contributed by atoms with Crippen LogP contribution in [-0.4, -0.2) is 45.7 Å². The van der Waals surface area contributed by atoms with Crippen molar-refractivity contribution in [2.45, 2.75) is 9.79 Å².